The van der Waals surface area contributed by atoms with Crippen LogP contribution < -0.4 is 10.9 Å². The molecule has 1 amide bonds. The highest BCUT2D eigenvalue weighted by molar-refractivity contribution is 5.80. The van der Waals surface area contributed by atoms with Crippen molar-refractivity contribution in [1.82, 2.24) is 10.3 Å². The molecule has 0 atom stereocenters. The van der Waals surface area contributed by atoms with Gasteiger partial charge in [-0.15, -0.1) is 0 Å². The Morgan fingerprint density at radius 3 is 2.56 bits per heavy atom. The van der Waals surface area contributed by atoms with Crippen LogP contribution in [0, 0.1) is 6.92 Å². The third kappa shape index (κ3) is 4.64. The predicted molar refractivity (Wildman–Crippen MR) is 110 cm³/mol. The molecule has 27 heavy (non-hydrogen) atoms. The normalized spacial score (nSPS) is 11.5. The van der Waals surface area contributed by atoms with Crippen molar-refractivity contribution in [2.75, 3.05) is 6.54 Å². The Labute approximate surface area is 159 Å². The molecular weight excluding hydrogens is 336 g/mol. The lowest BCUT2D eigenvalue weighted by molar-refractivity contribution is -0.122. The first-order valence-electron chi connectivity index (χ1n) is 9.30. The van der Waals surface area contributed by atoms with Crippen molar-refractivity contribution in [3.05, 3.63) is 81.6 Å². The molecule has 0 spiro atoms. The molecule has 3 aromatic rings. The van der Waals surface area contributed by atoms with Crippen molar-refractivity contribution in [3.63, 3.8) is 0 Å². The van der Waals surface area contributed by atoms with Crippen molar-refractivity contribution in [2.45, 2.75) is 39.0 Å². The number of rotatable bonds is 6. The summed E-state index contributed by atoms with van der Waals surface area (Å²) in [6.07, 6.45) is 0.918. The van der Waals surface area contributed by atoms with Gasteiger partial charge in [-0.1, -0.05) is 55.8 Å². The third-order valence-electron chi connectivity index (χ3n) is 4.95. The lowest BCUT2D eigenvalue weighted by Crippen LogP contribution is -2.32. The fourth-order valence-corrected chi connectivity index (χ4v) is 3.35. The van der Waals surface area contributed by atoms with Gasteiger partial charge in [0.25, 0.3) is 5.56 Å². The van der Waals surface area contributed by atoms with Gasteiger partial charge in [0.05, 0.1) is 0 Å². The number of carbonyl (C=O) groups is 1. The van der Waals surface area contributed by atoms with Crippen LogP contribution in [0.25, 0.3) is 10.9 Å². The molecule has 0 saturated carbocycles. The summed E-state index contributed by atoms with van der Waals surface area (Å²) in [6.45, 7) is 6.61. The topological polar surface area (TPSA) is 62.0 Å². The smallest absolute Gasteiger partial charge is 0.251 e. The number of aryl methyl sites for hydroxylation is 1. The number of H-pyrrole nitrogens is 1. The first kappa shape index (κ1) is 18.9. The Kier molecular flexibility index (Phi) is 5.45. The van der Waals surface area contributed by atoms with Crippen LogP contribution in [-0.2, 0) is 16.6 Å². The molecule has 0 aliphatic heterocycles. The van der Waals surface area contributed by atoms with Crippen LogP contribution in [0.1, 0.15) is 37.0 Å². The number of carbonyl (C=O) groups excluding carboxylic acids is 1. The number of amides is 1. The minimum atomic E-state index is -0.233. The van der Waals surface area contributed by atoms with Gasteiger partial charge in [0.15, 0.2) is 0 Å². The summed E-state index contributed by atoms with van der Waals surface area (Å²) < 4.78 is 0. The number of hydrogen-bond acceptors (Lipinski definition) is 2. The first-order valence-corrected chi connectivity index (χ1v) is 9.30. The Balaban J connectivity index is 1.61. The molecule has 0 fully saturated rings. The van der Waals surface area contributed by atoms with E-state index in [1.807, 2.05) is 55.5 Å². The highest BCUT2D eigenvalue weighted by Gasteiger charge is 2.23. The van der Waals surface area contributed by atoms with E-state index in [0.29, 0.717) is 24.9 Å². The summed E-state index contributed by atoms with van der Waals surface area (Å²) in [7, 11) is 0. The fourth-order valence-electron chi connectivity index (χ4n) is 3.35. The Hall–Kier alpha value is -2.88. The molecule has 2 aromatic carbocycles. The lowest BCUT2D eigenvalue weighted by Gasteiger charge is -2.24. The molecule has 140 valence electrons. The van der Waals surface area contributed by atoms with E-state index in [0.717, 1.165) is 22.0 Å². The van der Waals surface area contributed by atoms with E-state index in [4.69, 9.17) is 0 Å². The van der Waals surface area contributed by atoms with Gasteiger partial charge in [0.1, 0.15) is 0 Å². The minimum Gasteiger partial charge on any atom is -0.356 e. The van der Waals surface area contributed by atoms with Crippen LogP contribution in [-0.4, -0.2) is 17.4 Å². The van der Waals surface area contributed by atoms with E-state index in [9.17, 15) is 9.59 Å². The molecule has 2 N–H and O–H groups in total. The molecule has 4 nitrogen and oxygen atoms in total. The Morgan fingerprint density at radius 2 is 1.81 bits per heavy atom. The number of benzene rings is 2. The van der Waals surface area contributed by atoms with Crippen molar-refractivity contribution >= 4 is 16.8 Å². The number of fused-ring (bicyclic) bond motifs is 1. The number of hydrogen-bond donors (Lipinski definition) is 2. The SMILES string of the molecule is Cc1ccc2[nH]c(=O)c(CCNC(=O)CC(C)(C)c3ccccc3)cc2c1. The van der Waals surface area contributed by atoms with Crippen molar-refractivity contribution in [1.29, 1.82) is 0 Å². The standard InChI is InChI=1S/C23H26N2O2/c1-16-9-10-20-18(13-16)14-17(22(27)25-20)11-12-24-21(26)15-23(2,3)19-7-5-4-6-8-19/h4-10,13-14H,11-12,15H2,1-3H3,(H,24,26)(H,25,27). The van der Waals surface area contributed by atoms with Crippen LogP contribution in [0.2, 0.25) is 0 Å². The average molecular weight is 362 g/mol. The first-order chi connectivity index (χ1) is 12.8. The molecule has 1 heterocycles. The highest BCUT2D eigenvalue weighted by atomic mass is 16.1. The number of aromatic nitrogens is 1. The van der Waals surface area contributed by atoms with E-state index in [-0.39, 0.29) is 16.9 Å². The molecule has 0 aliphatic rings. The monoisotopic (exact) mass is 362 g/mol. The Bertz CT molecular complexity index is 1000. The van der Waals surface area contributed by atoms with E-state index in [1.54, 1.807) is 0 Å². The zero-order chi connectivity index (χ0) is 19.4. The van der Waals surface area contributed by atoms with Crippen LogP contribution in [0.5, 0.6) is 0 Å². The predicted octanol–water partition coefficient (Wildman–Crippen LogP) is 3.86. The lowest BCUT2D eigenvalue weighted by atomic mass is 9.81. The maximum absolute atomic E-state index is 12.4. The summed E-state index contributed by atoms with van der Waals surface area (Å²) in [4.78, 5) is 27.5. The summed E-state index contributed by atoms with van der Waals surface area (Å²) in [5.74, 6) is -0.00286. The van der Waals surface area contributed by atoms with Gasteiger partial charge in [-0.2, -0.15) is 0 Å². The molecule has 3 rings (SSSR count). The number of nitrogens with one attached hydrogen (secondary N) is 2. The van der Waals surface area contributed by atoms with Crippen molar-refractivity contribution in [3.8, 4) is 0 Å². The summed E-state index contributed by atoms with van der Waals surface area (Å²) in [5, 5.41) is 3.97. The number of pyridine rings is 1. The van der Waals surface area contributed by atoms with E-state index >= 15 is 0 Å². The zero-order valence-electron chi connectivity index (χ0n) is 16.1. The molecule has 1 aromatic heterocycles. The van der Waals surface area contributed by atoms with Crippen molar-refractivity contribution in [2.24, 2.45) is 0 Å². The molecular formula is C23H26N2O2. The molecule has 4 heteroatoms. The molecule has 0 radical (unpaired) electrons. The van der Waals surface area contributed by atoms with Gasteiger partial charge in [-0.3, -0.25) is 9.59 Å². The molecule has 0 aliphatic carbocycles. The minimum absolute atomic E-state index is 0.00286. The van der Waals surface area contributed by atoms with Gasteiger partial charge >= 0.3 is 0 Å². The molecule has 0 unspecified atom stereocenters. The van der Waals surface area contributed by atoms with E-state index in [1.165, 1.54) is 0 Å². The van der Waals surface area contributed by atoms with Crippen molar-refractivity contribution < 1.29 is 4.79 Å². The summed E-state index contributed by atoms with van der Waals surface area (Å²) in [5.41, 5.74) is 3.49. The summed E-state index contributed by atoms with van der Waals surface area (Å²) in [6, 6.07) is 17.9. The average Bonchev–Trinajstić information content (AvgIpc) is 2.63. The summed E-state index contributed by atoms with van der Waals surface area (Å²) >= 11 is 0. The second-order valence-corrected chi connectivity index (χ2v) is 7.74. The third-order valence-corrected chi connectivity index (χ3v) is 4.95. The van der Waals surface area contributed by atoms with Gasteiger partial charge in [-0.05, 0) is 47.9 Å². The van der Waals surface area contributed by atoms with Crippen LogP contribution in [0.3, 0.4) is 0 Å². The molecule has 0 bridgehead atoms. The highest BCUT2D eigenvalue weighted by Crippen LogP contribution is 2.26. The maximum Gasteiger partial charge on any atom is 0.251 e. The largest absolute Gasteiger partial charge is 0.356 e. The van der Waals surface area contributed by atoms with Crippen LogP contribution in [0.15, 0.2) is 59.4 Å². The molecule has 0 saturated heterocycles. The van der Waals surface area contributed by atoms with E-state index in [2.05, 4.69) is 30.2 Å². The second-order valence-electron chi connectivity index (χ2n) is 7.74. The maximum atomic E-state index is 12.4. The van der Waals surface area contributed by atoms with Gasteiger partial charge in [-0.25, -0.2) is 0 Å². The van der Waals surface area contributed by atoms with Crippen LogP contribution in [0.4, 0.5) is 0 Å². The quantitative estimate of drug-likeness (QED) is 0.699. The van der Waals surface area contributed by atoms with Gasteiger partial charge in [0, 0.05) is 24.0 Å². The van der Waals surface area contributed by atoms with E-state index < -0.39 is 0 Å². The Morgan fingerprint density at radius 1 is 1.07 bits per heavy atom. The van der Waals surface area contributed by atoms with Gasteiger partial charge in [0.2, 0.25) is 5.91 Å². The second kappa shape index (κ2) is 7.78. The van der Waals surface area contributed by atoms with Crippen LogP contribution >= 0.6 is 0 Å². The van der Waals surface area contributed by atoms with Gasteiger partial charge < -0.3 is 10.3 Å². The number of aromatic amines is 1. The zero-order valence-corrected chi connectivity index (χ0v) is 16.1. The fraction of sp³-hybridized carbons (Fsp3) is 0.304.